The van der Waals surface area contributed by atoms with Crippen LogP contribution in [0.1, 0.15) is 29.5 Å². The Morgan fingerprint density at radius 3 is 1.48 bits per heavy atom. The summed E-state index contributed by atoms with van der Waals surface area (Å²) in [4.78, 5) is 9.85. The quantitative estimate of drug-likeness (QED) is 0.470. The fourth-order valence-corrected chi connectivity index (χ4v) is 4.79. The summed E-state index contributed by atoms with van der Waals surface area (Å²) in [7, 11) is -2.22. The predicted molar refractivity (Wildman–Crippen MR) is 112 cm³/mol. The highest BCUT2D eigenvalue weighted by molar-refractivity contribution is 7.38. The molecule has 0 saturated heterocycles. The third-order valence-corrected chi connectivity index (χ3v) is 6.17. The fourth-order valence-electron chi connectivity index (χ4n) is 3.77. The Morgan fingerprint density at radius 2 is 1.07 bits per heavy atom. The monoisotopic (exact) mass is 377 g/mol. The summed E-state index contributed by atoms with van der Waals surface area (Å²) in [6.45, 7) is 0. The fraction of sp³-hybridized carbons (Fsp3) is 0.250. The van der Waals surface area contributed by atoms with Crippen molar-refractivity contribution in [3.05, 3.63) is 108 Å². The van der Waals surface area contributed by atoms with Crippen LogP contribution < -0.4 is 0 Å². The average molecular weight is 377 g/mol. The number of aryl methyl sites for hydroxylation is 2. The normalized spacial score (nSPS) is 12.0. The summed E-state index contributed by atoms with van der Waals surface area (Å²) in [5, 5.41) is 0. The molecular weight excluding hydrogens is 351 g/mol. The first kappa shape index (κ1) is 19.5. The summed E-state index contributed by atoms with van der Waals surface area (Å²) in [6.07, 6.45) is 3.80. The van der Waals surface area contributed by atoms with Gasteiger partial charge in [-0.2, -0.15) is 4.89 Å². The van der Waals surface area contributed by atoms with Crippen LogP contribution >= 0.6 is 8.03 Å². The molecule has 1 atom stereocenters. The zero-order valence-corrected chi connectivity index (χ0v) is 16.4. The van der Waals surface area contributed by atoms with Crippen molar-refractivity contribution in [1.29, 1.82) is 0 Å². The molecule has 1 unspecified atom stereocenters. The lowest BCUT2D eigenvalue weighted by Gasteiger charge is -2.30. The van der Waals surface area contributed by atoms with E-state index in [9.17, 15) is 9.46 Å². The van der Waals surface area contributed by atoms with Crippen molar-refractivity contribution in [1.82, 2.24) is 0 Å². The van der Waals surface area contributed by atoms with E-state index in [2.05, 4.69) is 60.7 Å². The predicted octanol–water partition coefficient (Wildman–Crippen LogP) is 5.92. The standard InChI is InChI=1S/C24H25O2P/c25-27(26)20-24(23-14-8-3-9-15-23,18-16-21-10-4-1-5-11-21)19-17-22-12-6-2-7-13-22/h1-15H,16-20H2/p+1. The van der Waals surface area contributed by atoms with Gasteiger partial charge in [-0.3, -0.25) is 0 Å². The van der Waals surface area contributed by atoms with Crippen LogP contribution in [0.5, 0.6) is 0 Å². The Bertz CT molecular complexity index is 789. The van der Waals surface area contributed by atoms with E-state index in [1.54, 1.807) is 0 Å². The maximum Gasteiger partial charge on any atom is 0.506 e. The topological polar surface area (TPSA) is 37.3 Å². The molecule has 0 heterocycles. The molecule has 27 heavy (non-hydrogen) atoms. The van der Waals surface area contributed by atoms with Gasteiger partial charge in [0, 0.05) is 5.41 Å². The Labute approximate surface area is 162 Å². The molecule has 0 amide bonds. The van der Waals surface area contributed by atoms with E-state index >= 15 is 0 Å². The van der Waals surface area contributed by atoms with Crippen LogP contribution in [0.4, 0.5) is 0 Å². The first-order valence-electron chi connectivity index (χ1n) is 9.45. The van der Waals surface area contributed by atoms with Crippen molar-refractivity contribution in [2.45, 2.75) is 31.1 Å². The molecule has 3 aromatic carbocycles. The molecule has 0 aromatic heterocycles. The van der Waals surface area contributed by atoms with Gasteiger partial charge in [0.2, 0.25) is 0 Å². The minimum absolute atomic E-state index is 0.298. The molecule has 0 bridgehead atoms. The Morgan fingerprint density at radius 1 is 0.667 bits per heavy atom. The van der Waals surface area contributed by atoms with Crippen molar-refractivity contribution in [2.75, 3.05) is 6.16 Å². The molecule has 0 aliphatic carbocycles. The van der Waals surface area contributed by atoms with Gasteiger partial charge in [-0.15, -0.1) is 0 Å². The van der Waals surface area contributed by atoms with E-state index in [0.717, 1.165) is 31.2 Å². The summed E-state index contributed by atoms with van der Waals surface area (Å²) in [6, 6.07) is 31.0. The molecule has 3 heteroatoms. The molecule has 0 radical (unpaired) electrons. The number of benzene rings is 3. The maximum atomic E-state index is 12.0. The lowest BCUT2D eigenvalue weighted by Crippen LogP contribution is -2.31. The minimum atomic E-state index is -2.22. The maximum absolute atomic E-state index is 12.0. The van der Waals surface area contributed by atoms with Crippen molar-refractivity contribution >= 4 is 8.03 Å². The largest absolute Gasteiger partial charge is 0.506 e. The molecule has 3 aromatic rings. The Balaban J connectivity index is 1.89. The van der Waals surface area contributed by atoms with Gasteiger partial charge in [0.25, 0.3) is 0 Å². The molecule has 0 saturated carbocycles. The first-order chi connectivity index (χ1) is 13.2. The van der Waals surface area contributed by atoms with Crippen LogP contribution in [0.2, 0.25) is 0 Å². The minimum Gasteiger partial charge on any atom is -0.161 e. The van der Waals surface area contributed by atoms with E-state index in [1.807, 2.05) is 30.3 Å². The van der Waals surface area contributed by atoms with E-state index < -0.39 is 8.03 Å². The number of hydrogen-bond acceptors (Lipinski definition) is 1. The molecule has 2 nitrogen and oxygen atoms in total. The highest BCUT2D eigenvalue weighted by atomic mass is 31.1. The van der Waals surface area contributed by atoms with Crippen LogP contribution in [0.15, 0.2) is 91.0 Å². The summed E-state index contributed by atoms with van der Waals surface area (Å²) < 4.78 is 12.0. The molecular formula is C24H26O2P+. The van der Waals surface area contributed by atoms with Crippen molar-refractivity contribution in [3.63, 3.8) is 0 Å². The Hall–Kier alpha value is -2.28. The summed E-state index contributed by atoms with van der Waals surface area (Å²) in [5.41, 5.74) is 3.39. The van der Waals surface area contributed by atoms with Crippen LogP contribution in [-0.4, -0.2) is 11.1 Å². The molecule has 138 valence electrons. The van der Waals surface area contributed by atoms with Crippen molar-refractivity contribution in [2.24, 2.45) is 0 Å². The molecule has 1 N–H and O–H groups in total. The number of hydrogen-bond donors (Lipinski definition) is 1. The molecule has 0 aliphatic heterocycles. The van der Waals surface area contributed by atoms with E-state index in [0.29, 0.717) is 6.16 Å². The van der Waals surface area contributed by atoms with Gasteiger partial charge in [-0.1, -0.05) is 91.0 Å². The highest BCUT2D eigenvalue weighted by Crippen LogP contribution is 2.40. The van der Waals surface area contributed by atoms with Crippen molar-refractivity contribution < 1.29 is 9.46 Å². The zero-order chi connectivity index (χ0) is 19.0. The second-order valence-corrected chi connectivity index (χ2v) is 8.15. The van der Waals surface area contributed by atoms with E-state index in [4.69, 9.17) is 0 Å². The second kappa shape index (κ2) is 9.60. The van der Waals surface area contributed by atoms with Gasteiger partial charge in [-0.25, -0.2) is 0 Å². The molecule has 0 aliphatic rings. The van der Waals surface area contributed by atoms with Crippen LogP contribution in [0, 0.1) is 0 Å². The SMILES string of the molecule is O=[P+](O)CC(CCc1ccccc1)(CCc1ccccc1)c1ccccc1. The highest BCUT2D eigenvalue weighted by Gasteiger charge is 2.39. The van der Waals surface area contributed by atoms with Crippen molar-refractivity contribution in [3.8, 4) is 0 Å². The van der Waals surface area contributed by atoms with Gasteiger partial charge >= 0.3 is 8.03 Å². The van der Waals surface area contributed by atoms with E-state index in [1.165, 1.54) is 11.1 Å². The lowest BCUT2D eigenvalue weighted by molar-refractivity contribution is 0.388. The summed E-state index contributed by atoms with van der Waals surface area (Å²) >= 11 is 0. The van der Waals surface area contributed by atoms with Gasteiger partial charge in [0.05, 0.1) is 0 Å². The van der Waals surface area contributed by atoms with E-state index in [-0.39, 0.29) is 5.41 Å². The van der Waals surface area contributed by atoms with Gasteiger partial charge in [0.15, 0.2) is 6.16 Å². The van der Waals surface area contributed by atoms with Gasteiger partial charge in [-0.05, 0) is 46.9 Å². The summed E-state index contributed by atoms with van der Waals surface area (Å²) in [5.74, 6) is 0. The second-order valence-electron chi connectivity index (χ2n) is 7.13. The number of rotatable bonds is 9. The molecule has 3 rings (SSSR count). The zero-order valence-electron chi connectivity index (χ0n) is 15.5. The van der Waals surface area contributed by atoms with Gasteiger partial charge in [0.1, 0.15) is 0 Å². The first-order valence-corrected chi connectivity index (χ1v) is 10.8. The smallest absolute Gasteiger partial charge is 0.161 e. The average Bonchev–Trinajstić information content (AvgIpc) is 2.72. The lowest BCUT2D eigenvalue weighted by atomic mass is 9.73. The van der Waals surface area contributed by atoms with Crippen LogP contribution in [0.25, 0.3) is 0 Å². The third kappa shape index (κ3) is 5.60. The van der Waals surface area contributed by atoms with Crippen LogP contribution in [0.3, 0.4) is 0 Å². The van der Waals surface area contributed by atoms with Crippen LogP contribution in [-0.2, 0) is 22.8 Å². The molecule has 0 fully saturated rings. The molecule has 0 spiro atoms. The Kier molecular flexibility index (Phi) is 6.92. The third-order valence-electron chi connectivity index (χ3n) is 5.29. The van der Waals surface area contributed by atoms with Gasteiger partial charge < -0.3 is 0 Å².